The van der Waals surface area contributed by atoms with Crippen molar-refractivity contribution in [3.05, 3.63) is 40.1 Å². The predicted octanol–water partition coefficient (Wildman–Crippen LogP) is 4.16. The number of ether oxygens (including phenoxy) is 1. The van der Waals surface area contributed by atoms with E-state index in [1.165, 1.54) is 6.07 Å². The van der Waals surface area contributed by atoms with Gasteiger partial charge in [-0.05, 0) is 32.9 Å². The van der Waals surface area contributed by atoms with Crippen molar-refractivity contribution in [2.45, 2.75) is 26.8 Å². The molecule has 1 aromatic heterocycles. The fraction of sp³-hybridized carbons (Fsp3) is 0.357. The molecule has 0 fully saturated rings. The summed E-state index contributed by atoms with van der Waals surface area (Å²) >= 11 is 1.60. The minimum Gasteiger partial charge on any atom is -0.491 e. The van der Waals surface area contributed by atoms with E-state index in [1.54, 1.807) is 17.4 Å². The molecule has 0 aliphatic rings. The summed E-state index contributed by atoms with van der Waals surface area (Å²) in [5.41, 5.74) is 3.57. The Morgan fingerprint density at radius 2 is 2.26 bits per heavy atom. The third-order valence-electron chi connectivity index (χ3n) is 2.79. The van der Waals surface area contributed by atoms with E-state index >= 15 is 0 Å². The van der Waals surface area contributed by atoms with E-state index in [4.69, 9.17) is 4.74 Å². The second kappa shape index (κ2) is 6.02. The van der Waals surface area contributed by atoms with Crippen LogP contribution in [-0.2, 0) is 0 Å². The molecule has 0 aliphatic heterocycles. The SMILES string of the molecule is CCOc1ccc(NC(C)c2scnc2C)cc1F. The second-order valence-corrected chi connectivity index (χ2v) is 5.13. The summed E-state index contributed by atoms with van der Waals surface area (Å²) < 4.78 is 18.9. The molecule has 3 nitrogen and oxygen atoms in total. The highest BCUT2D eigenvalue weighted by Crippen LogP contribution is 2.27. The van der Waals surface area contributed by atoms with Crippen molar-refractivity contribution in [2.24, 2.45) is 0 Å². The Labute approximate surface area is 116 Å². The van der Waals surface area contributed by atoms with Crippen molar-refractivity contribution < 1.29 is 9.13 Å². The Kier molecular flexibility index (Phi) is 4.37. The quantitative estimate of drug-likeness (QED) is 0.893. The molecule has 1 atom stereocenters. The number of nitrogens with zero attached hydrogens (tertiary/aromatic N) is 1. The van der Waals surface area contributed by atoms with Crippen LogP contribution in [0.1, 0.15) is 30.5 Å². The molecule has 2 aromatic rings. The summed E-state index contributed by atoms with van der Waals surface area (Å²) in [5.74, 6) is -0.0604. The first-order chi connectivity index (χ1) is 9.11. The van der Waals surface area contributed by atoms with Crippen molar-refractivity contribution in [3.63, 3.8) is 0 Å². The zero-order valence-corrected chi connectivity index (χ0v) is 12.1. The molecule has 0 bridgehead atoms. The van der Waals surface area contributed by atoms with Crippen LogP contribution in [-0.4, -0.2) is 11.6 Å². The highest BCUT2D eigenvalue weighted by Gasteiger charge is 2.12. The smallest absolute Gasteiger partial charge is 0.167 e. The van der Waals surface area contributed by atoms with Crippen LogP contribution in [0, 0.1) is 12.7 Å². The molecule has 0 saturated carbocycles. The molecule has 0 saturated heterocycles. The number of rotatable bonds is 5. The van der Waals surface area contributed by atoms with Gasteiger partial charge in [0.25, 0.3) is 0 Å². The molecule has 5 heteroatoms. The van der Waals surface area contributed by atoms with E-state index in [-0.39, 0.29) is 17.6 Å². The number of benzene rings is 1. The van der Waals surface area contributed by atoms with Gasteiger partial charge in [0.15, 0.2) is 11.6 Å². The lowest BCUT2D eigenvalue weighted by Crippen LogP contribution is -2.06. The summed E-state index contributed by atoms with van der Waals surface area (Å²) in [6, 6.07) is 5.02. The normalized spacial score (nSPS) is 12.2. The maximum Gasteiger partial charge on any atom is 0.167 e. The molecular formula is C14H17FN2OS. The van der Waals surface area contributed by atoms with Gasteiger partial charge in [0.2, 0.25) is 0 Å². The van der Waals surface area contributed by atoms with Crippen LogP contribution < -0.4 is 10.1 Å². The fourth-order valence-electron chi connectivity index (χ4n) is 1.91. The zero-order chi connectivity index (χ0) is 13.8. The third kappa shape index (κ3) is 3.23. The third-order valence-corrected chi connectivity index (χ3v) is 3.90. The lowest BCUT2D eigenvalue weighted by Gasteiger charge is -2.15. The van der Waals surface area contributed by atoms with Crippen LogP contribution in [0.5, 0.6) is 5.75 Å². The van der Waals surface area contributed by atoms with Crippen LogP contribution in [0.3, 0.4) is 0 Å². The van der Waals surface area contributed by atoms with Crippen molar-refractivity contribution in [2.75, 3.05) is 11.9 Å². The molecule has 19 heavy (non-hydrogen) atoms. The van der Waals surface area contributed by atoms with E-state index in [0.29, 0.717) is 6.61 Å². The second-order valence-electron chi connectivity index (χ2n) is 4.25. The molecule has 2 rings (SSSR count). The molecule has 0 spiro atoms. The van der Waals surface area contributed by atoms with E-state index in [9.17, 15) is 4.39 Å². The van der Waals surface area contributed by atoms with E-state index in [0.717, 1.165) is 16.3 Å². The Bertz CT molecular complexity index is 556. The highest BCUT2D eigenvalue weighted by atomic mass is 32.1. The lowest BCUT2D eigenvalue weighted by molar-refractivity contribution is 0.321. The maximum absolute atomic E-state index is 13.7. The predicted molar refractivity (Wildman–Crippen MR) is 76.5 cm³/mol. The zero-order valence-electron chi connectivity index (χ0n) is 11.2. The molecule has 1 heterocycles. The first-order valence-corrected chi connectivity index (χ1v) is 7.08. The number of aryl methyl sites for hydroxylation is 1. The average Bonchev–Trinajstić information content (AvgIpc) is 2.79. The van der Waals surface area contributed by atoms with E-state index in [1.807, 2.05) is 32.3 Å². The largest absolute Gasteiger partial charge is 0.491 e. The topological polar surface area (TPSA) is 34.1 Å². The minimum atomic E-state index is -0.347. The summed E-state index contributed by atoms with van der Waals surface area (Å²) in [7, 11) is 0. The van der Waals surface area contributed by atoms with Crippen LogP contribution >= 0.6 is 11.3 Å². The van der Waals surface area contributed by atoms with Crippen LogP contribution in [0.4, 0.5) is 10.1 Å². The van der Waals surface area contributed by atoms with Crippen LogP contribution in [0.2, 0.25) is 0 Å². The van der Waals surface area contributed by atoms with Gasteiger partial charge in [-0.2, -0.15) is 0 Å². The van der Waals surface area contributed by atoms with Gasteiger partial charge in [-0.25, -0.2) is 9.37 Å². The molecule has 0 radical (unpaired) electrons. The maximum atomic E-state index is 13.7. The summed E-state index contributed by atoms with van der Waals surface area (Å²) in [5, 5.41) is 3.27. The molecule has 1 N–H and O–H groups in total. The van der Waals surface area contributed by atoms with Crippen LogP contribution in [0.15, 0.2) is 23.7 Å². The van der Waals surface area contributed by atoms with Gasteiger partial charge in [-0.1, -0.05) is 0 Å². The molecule has 1 aromatic carbocycles. The van der Waals surface area contributed by atoms with E-state index < -0.39 is 0 Å². The molecular weight excluding hydrogens is 263 g/mol. The van der Waals surface area contributed by atoms with Gasteiger partial charge < -0.3 is 10.1 Å². The van der Waals surface area contributed by atoms with Gasteiger partial charge in [-0.15, -0.1) is 11.3 Å². The monoisotopic (exact) mass is 280 g/mol. The Morgan fingerprint density at radius 3 is 2.84 bits per heavy atom. The first-order valence-electron chi connectivity index (χ1n) is 6.20. The number of hydrogen-bond acceptors (Lipinski definition) is 4. The van der Waals surface area contributed by atoms with Crippen molar-refractivity contribution in [3.8, 4) is 5.75 Å². The standard InChI is InChI=1S/C14H17FN2OS/c1-4-18-13-6-5-11(7-12(13)15)17-10(3)14-9(2)16-8-19-14/h5-8,10,17H,4H2,1-3H3. The Morgan fingerprint density at radius 1 is 1.47 bits per heavy atom. The van der Waals surface area contributed by atoms with Crippen molar-refractivity contribution in [1.82, 2.24) is 4.98 Å². The summed E-state index contributed by atoms with van der Waals surface area (Å²) in [6.07, 6.45) is 0. The molecule has 0 aliphatic carbocycles. The molecule has 1 unspecified atom stereocenters. The minimum absolute atomic E-state index is 0.102. The lowest BCUT2D eigenvalue weighted by atomic mass is 10.2. The van der Waals surface area contributed by atoms with Crippen LogP contribution in [0.25, 0.3) is 0 Å². The van der Waals surface area contributed by atoms with Crippen molar-refractivity contribution >= 4 is 17.0 Å². The number of thiazole rings is 1. The number of halogens is 1. The number of hydrogen-bond donors (Lipinski definition) is 1. The Hall–Kier alpha value is -1.62. The highest BCUT2D eigenvalue weighted by molar-refractivity contribution is 7.09. The number of nitrogens with one attached hydrogen (secondary N) is 1. The van der Waals surface area contributed by atoms with E-state index in [2.05, 4.69) is 10.3 Å². The van der Waals surface area contributed by atoms with Gasteiger partial charge in [-0.3, -0.25) is 0 Å². The summed E-state index contributed by atoms with van der Waals surface area (Å²) in [6.45, 7) is 6.30. The molecule has 0 amide bonds. The number of anilines is 1. The number of aromatic nitrogens is 1. The first kappa shape index (κ1) is 13.8. The molecule has 102 valence electrons. The summed E-state index contributed by atoms with van der Waals surface area (Å²) in [4.78, 5) is 5.38. The van der Waals surface area contributed by atoms with Gasteiger partial charge in [0, 0.05) is 16.6 Å². The van der Waals surface area contributed by atoms with Gasteiger partial charge in [0.1, 0.15) is 0 Å². The fourth-order valence-corrected chi connectivity index (χ4v) is 2.72. The Balaban J connectivity index is 2.11. The van der Waals surface area contributed by atoms with Gasteiger partial charge >= 0.3 is 0 Å². The van der Waals surface area contributed by atoms with Crippen molar-refractivity contribution in [1.29, 1.82) is 0 Å². The van der Waals surface area contributed by atoms with Gasteiger partial charge in [0.05, 0.1) is 23.9 Å². The average molecular weight is 280 g/mol.